The molecule has 7 heteroatoms. The molecule has 0 spiro atoms. The largest absolute Gasteiger partial charge is 0.478 e. The lowest BCUT2D eigenvalue weighted by Gasteiger charge is -2.31. The van der Waals surface area contributed by atoms with Crippen LogP contribution in [0.5, 0.6) is 5.88 Å². The summed E-state index contributed by atoms with van der Waals surface area (Å²) in [6.07, 6.45) is 7.79. The zero-order chi connectivity index (χ0) is 19.9. The SMILES string of the molecule is CCCCOc1ccc(NC[C@H]2CC[C@H](NS(=O)(=O)C(C)(C)C)CC2)cn1. The molecule has 2 rings (SSSR count). The number of anilines is 1. The number of unbranched alkanes of at least 4 members (excludes halogenated alkanes) is 1. The Hall–Kier alpha value is -1.34. The maximum absolute atomic E-state index is 12.3. The summed E-state index contributed by atoms with van der Waals surface area (Å²) in [4.78, 5) is 4.33. The van der Waals surface area contributed by atoms with Crippen molar-refractivity contribution in [2.24, 2.45) is 5.92 Å². The van der Waals surface area contributed by atoms with Crippen LogP contribution in [0.15, 0.2) is 18.3 Å². The molecule has 1 fully saturated rings. The van der Waals surface area contributed by atoms with Crippen LogP contribution in [-0.4, -0.2) is 37.3 Å². The number of hydrogen-bond donors (Lipinski definition) is 2. The van der Waals surface area contributed by atoms with Crippen LogP contribution in [0.3, 0.4) is 0 Å². The van der Waals surface area contributed by atoms with Gasteiger partial charge in [-0.1, -0.05) is 13.3 Å². The Morgan fingerprint density at radius 1 is 1.19 bits per heavy atom. The number of hydrogen-bond acceptors (Lipinski definition) is 5. The first-order valence-electron chi connectivity index (χ1n) is 10.1. The summed E-state index contributed by atoms with van der Waals surface area (Å²) in [7, 11) is -3.27. The molecule has 0 bridgehead atoms. The van der Waals surface area contributed by atoms with Gasteiger partial charge >= 0.3 is 0 Å². The van der Waals surface area contributed by atoms with Crippen molar-refractivity contribution in [2.75, 3.05) is 18.5 Å². The summed E-state index contributed by atoms with van der Waals surface area (Å²) in [6, 6.07) is 3.96. The van der Waals surface area contributed by atoms with Gasteiger partial charge < -0.3 is 10.1 Å². The normalized spacial score (nSPS) is 21.0. The standard InChI is InChI=1S/C20H35N3O3S/c1-5-6-13-26-19-12-11-18(15-22-19)21-14-16-7-9-17(10-8-16)23-27(24,25)20(2,3)4/h11-12,15-17,21,23H,5-10,13-14H2,1-4H3/t16-,17-. The van der Waals surface area contributed by atoms with E-state index in [0.29, 0.717) is 18.4 Å². The van der Waals surface area contributed by atoms with Crippen molar-refractivity contribution in [3.8, 4) is 5.88 Å². The first-order valence-corrected chi connectivity index (χ1v) is 11.5. The van der Waals surface area contributed by atoms with E-state index in [1.165, 1.54) is 0 Å². The Morgan fingerprint density at radius 3 is 2.44 bits per heavy atom. The number of sulfonamides is 1. The maximum atomic E-state index is 12.3. The molecule has 1 saturated carbocycles. The van der Waals surface area contributed by atoms with Gasteiger partial charge in [0.15, 0.2) is 0 Å². The van der Waals surface area contributed by atoms with Crippen molar-refractivity contribution in [1.82, 2.24) is 9.71 Å². The molecule has 1 heterocycles. The van der Waals surface area contributed by atoms with Crippen LogP contribution in [0.1, 0.15) is 66.2 Å². The molecule has 0 aliphatic heterocycles. The summed E-state index contributed by atoms with van der Waals surface area (Å²) in [6.45, 7) is 8.93. The number of aromatic nitrogens is 1. The Labute approximate surface area is 164 Å². The van der Waals surface area contributed by atoms with Gasteiger partial charge in [0.05, 0.1) is 23.2 Å². The van der Waals surface area contributed by atoms with E-state index in [0.717, 1.165) is 50.8 Å². The van der Waals surface area contributed by atoms with Gasteiger partial charge in [0.1, 0.15) is 0 Å². The van der Waals surface area contributed by atoms with Crippen molar-refractivity contribution < 1.29 is 13.2 Å². The fourth-order valence-corrected chi connectivity index (χ4v) is 4.06. The van der Waals surface area contributed by atoms with Gasteiger partial charge in [0.2, 0.25) is 15.9 Å². The van der Waals surface area contributed by atoms with Crippen LogP contribution >= 0.6 is 0 Å². The third kappa shape index (κ3) is 6.96. The minimum atomic E-state index is -3.27. The lowest BCUT2D eigenvalue weighted by Crippen LogP contribution is -2.46. The molecule has 0 aromatic carbocycles. The highest BCUT2D eigenvalue weighted by Crippen LogP contribution is 2.26. The molecule has 0 unspecified atom stereocenters. The van der Waals surface area contributed by atoms with Crippen molar-refractivity contribution in [3.05, 3.63) is 18.3 Å². The quantitative estimate of drug-likeness (QED) is 0.617. The molecule has 1 aromatic heterocycles. The third-order valence-electron chi connectivity index (χ3n) is 5.05. The number of nitrogens with one attached hydrogen (secondary N) is 2. The smallest absolute Gasteiger partial charge is 0.216 e. The highest BCUT2D eigenvalue weighted by molar-refractivity contribution is 7.90. The van der Waals surface area contributed by atoms with E-state index in [1.807, 2.05) is 18.3 Å². The minimum absolute atomic E-state index is 0.0618. The number of ether oxygens (including phenoxy) is 1. The molecule has 1 aromatic rings. The molecule has 2 N–H and O–H groups in total. The monoisotopic (exact) mass is 397 g/mol. The zero-order valence-corrected chi connectivity index (χ0v) is 17.9. The van der Waals surface area contributed by atoms with Crippen LogP contribution in [-0.2, 0) is 10.0 Å². The Kier molecular flexibility index (Phi) is 7.91. The van der Waals surface area contributed by atoms with Gasteiger partial charge in [-0.15, -0.1) is 0 Å². The minimum Gasteiger partial charge on any atom is -0.478 e. The van der Waals surface area contributed by atoms with Crippen molar-refractivity contribution >= 4 is 15.7 Å². The second kappa shape index (κ2) is 9.73. The molecule has 6 nitrogen and oxygen atoms in total. The molecule has 27 heavy (non-hydrogen) atoms. The van der Waals surface area contributed by atoms with E-state index in [2.05, 4.69) is 21.9 Å². The molecule has 0 radical (unpaired) electrons. The molecule has 0 atom stereocenters. The fraction of sp³-hybridized carbons (Fsp3) is 0.750. The maximum Gasteiger partial charge on any atom is 0.216 e. The summed E-state index contributed by atoms with van der Waals surface area (Å²) in [5, 5.41) is 3.44. The van der Waals surface area contributed by atoms with Gasteiger partial charge in [-0.05, 0) is 64.9 Å². The molecular weight excluding hydrogens is 362 g/mol. The Balaban J connectivity index is 1.72. The second-order valence-corrected chi connectivity index (χ2v) is 10.9. The first-order chi connectivity index (χ1) is 12.7. The zero-order valence-electron chi connectivity index (χ0n) is 17.1. The molecule has 1 aliphatic rings. The van der Waals surface area contributed by atoms with Gasteiger partial charge in [0.25, 0.3) is 0 Å². The summed E-state index contributed by atoms with van der Waals surface area (Å²) >= 11 is 0. The summed E-state index contributed by atoms with van der Waals surface area (Å²) in [5.41, 5.74) is 0.994. The van der Waals surface area contributed by atoms with Crippen LogP contribution < -0.4 is 14.8 Å². The van der Waals surface area contributed by atoms with Crippen molar-refractivity contribution in [3.63, 3.8) is 0 Å². The van der Waals surface area contributed by atoms with Crippen LogP contribution in [0.25, 0.3) is 0 Å². The van der Waals surface area contributed by atoms with E-state index in [9.17, 15) is 8.42 Å². The Morgan fingerprint density at radius 2 is 1.89 bits per heavy atom. The van der Waals surface area contributed by atoms with Gasteiger partial charge in [-0.3, -0.25) is 0 Å². The molecule has 1 aliphatic carbocycles. The number of rotatable bonds is 9. The van der Waals surface area contributed by atoms with E-state index in [1.54, 1.807) is 20.8 Å². The average Bonchev–Trinajstić information content (AvgIpc) is 2.61. The molecule has 0 amide bonds. The number of nitrogens with zero attached hydrogens (tertiary/aromatic N) is 1. The second-order valence-electron chi connectivity index (χ2n) is 8.42. The van der Waals surface area contributed by atoms with Gasteiger partial charge in [-0.25, -0.2) is 18.1 Å². The van der Waals surface area contributed by atoms with E-state index < -0.39 is 14.8 Å². The van der Waals surface area contributed by atoms with E-state index in [-0.39, 0.29) is 6.04 Å². The number of pyridine rings is 1. The van der Waals surface area contributed by atoms with Gasteiger partial charge in [-0.2, -0.15) is 0 Å². The topological polar surface area (TPSA) is 80.3 Å². The molecule has 154 valence electrons. The lowest BCUT2D eigenvalue weighted by molar-refractivity contribution is 0.298. The van der Waals surface area contributed by atoms with E-state index >= 15 is 0 Å². The fourth-order valence-electron chi connectivity index (χ4n) is 3.03. The van der Waals surface area contributed by atoms with Crippen LogP contribution in [0.2, 0.25) is 0 Å². The predicted octanol–water partition coefficient (Wildman–Crippen LogP) is 3.95. The van der Waals surface area contributed by atoms with Crippen LogP contribution in [0.4, 0.5) is 5.69 Å². The predicted molar refractivity (Wildman–Crippen MR) is 111 cm³/mol. The van der Waals surface area contributed by atoms with Crippen LogP contribution in [0, 0.1) is 5.92 Å². The highest BCUT2D eigenvalue weighted by Gasteiger charge is 2.32. The molecule has 0 saturated heterocycles. The highest BCUT2D eigenvalue weighted by atomic mass is 32.2. The first kappa shape index (κ1) is 22.0. The van der Waals surface area contributed by atoms with E-state index in [4.69, 9.17) is 4.74 Å². The van der Waals surface area contributed by atoms with Crippen molar-refractivity contribution in [2.45, 2.75) is 77.0 Å². The summed E-state index contributed by atoms with van der Waals surface area (Å²) in [5.74, 6) is 1.22. The van der Waals surface area contributed by atoms with Crippen molar-refractivity contribution in [1.29, 1.82) is 0 Å². The average molecular weight is 398 g/mol. The lowest BCUT2D eigenvalue weighted by atomic mass is 9.86. The summed E-state index contributed by atoms with van der Waals surface area (Å²) < 4.78 is 32.3. The molecular formula is C20H35N3O3S. The van der Waals surface area contributed by atoms with Gasteiger partial charge in [0, 0.05) is 18.7 Å². The third-order valence-corrected chi connectivity index (χ3v) is 7.31. The Bertz CT molecular complexity index is 661.